The number of nitrogen functional groups attached to an aromatic ring is 1. The minimum atomic E-state index is -5.28. The number of imidazole rings is 1. The van der Waals surface area contributed by atoms with Crippen molar-refractivity contribution in [1.29, 1.82) is 0 Å². The Hall–Kier alpha value is -2.97. The van der Waals surface area contributed by atoms with E-state index in [0.29, 0.717) is 11.2 Å². The van der Waals surface area contributed by atoms with Gasteiger partial charge >= 0.3 is 15.6 Å². The van der Waals surface area contributed by atoms with E-state index in [9.17, 15) is 33.9 Å². The maximum absolute atomic E-state index is 12.4. The first-order valence-electron chi connectivity index (χ1n) is 12.6. The fourth-order valence-electron chi connectivity index (χ4n) is 4.59. The summed E-state index contributed by atoms with van der Waals surface area (Å²) in [5.74, 6) is -0.580. The summed E-state index contributed by atoms with van der Waals surface area (Å²) < 4.78 is 53.0. The molecule has 234 valence electrons. The second-order valence-electron chi connectivity index (χ2n) is 9.67. The highest BCUT2D eigenvalue weighted by Gasteiger charge is 2.49. The summed E-state index contributed by atoms with van der Waals surface area (Å²) in [4.78, 5) is 43.7. The molecule has 9 atom stereocenters. The Balaban J connectivity index is 1.14. The summed E-state index contributed by atoms with van der Waals surface area (Å²) in [7, 11) is -10.5. The van der Waals surface area contributed by atoms with Gasteiger partial charge in [0.05, 0.1) is 25.6 Å². The molecule has 0 radical (unpaired) electrons. The number of anilines is 1. The molecule has 43 heavy (non-hydrogen) atoms. The number of carbonyl (C=O) groups is 1. The molecule has 3 aromatic heterocycles. The van der Waals surface area contributed by atoms with Gasteiger partial charge in [-0.2, -0.15) is 8.88 Å². The van der Waals surface area contributed by atoms with Gasteiger partial charge in [-0.3, -0.25) is 18.4 Å². The number of ether oxygens (including phenoxy) is 2. The number of nitrogens with two attached hydrogens (primary N) is 3. The van der Waals surface area contributed by atoms with E-state index in [4.69, 9.17) is 35.7 Å². The number of nitrogens with zero attached hydrogens (tertiary/aromatic N) is 5. The number of amides is 1. The van der Waals surface area contributed by atoms with Crippen molar-refractivity contribution in [3.8, 4) is 0 Å². The van der Waals surface area contributed by atoms with Crippen LogP contribution in [0.4, 0.5) is 5.82 Å². The van der Waals surface area contributed by atoms with Crippen molar-refractivity contribution in [2.75, 3.05) is 18.9 Å². The first-order chi connectivity index (χ1) is 20.2. The predicted octanol–water partition coefficient (Wildman–Crippen LogP) is -2.02. The molecule has 5 rings (SSSR count). The molecule has 0 spiro atoms. The number of aromatic nitrogens is 5. The maximum atomic E-state index is 12.4. The summed E-state index contributed by atoms with van der Waals surface area (Å²) in [5, 5.41) is 20.7. The van der Waals surface area contributed by atoms with Crippen LogP contribution in [0.25, 0.3) is 11.2 Å². The van der Waals surface area contributed by atoms with E-state index in [1.807, 2.05) is 0 Å². The quantitative estimate of drug-likeness (QED) is 0.0872. The van der Waals surface area contributed by atoms with Crippen molar-refractivity contribution in [2.45, 2.75) is 49.3 Å². The zero-order chi connectivity index (χ0) is 31.1. The van der Waals surface area contributed by atoms with Crippen molar-refractivity contribution < 1.29 is 61.3 Å². The minimum absolute atomic E-state index is 0.0916. The van der Waals surface area contributed by atoms with Crippen molar-refractivity contribution in [3.63, 3.8) is 0 Å². The Morgan fingerprint density at radius 2 is 1.79 bits per heavy atom. The highest BCUT2D eigenvalue weighted by Crippen LogP contribution is 2.60. The summed E-state index contributed by atoms with van der Waals surface area (Å²) in [6.07, 6.45) is -1.75. The van der Waals surface area contributed by atoms with E-state index >= 15 is 0 Å². The molecule has 0 aliphatic carbocycles. The molecule has 0 aromatic carbocycles. The minimum Gasteiger partial charge on any atom is -0.387 e. The van der Waals surface area contributed by atoms with Gasteiger partial charge in [0, 0.05) is 18.5 Å². The molecule has 3 aromatic rings. The van der Waals surface area contributed by atoms with Gasteiger partial charge in [-0.25, -0.2) is 24.1 Å². The Labute approximate surface area is 242 Å². The number of aliphatic hydroxyl groups is 2. The van der Waals surface area contributed by atoms with E-state index in [0.717, 1.165) is 0 Å². The fourth-order valence-corrected chi connectivity index (χ4v) is 6.68. The maximum Gasteiger partial charge on any atom is 0.481 e. The first kappa shape index (κ1) is 31.5. The van der Waals surface area contributed by atoms with Crippen LogP contribution in [-0.2, 0) is 32.0 Å². The Morgan fingerprint density at radius 1 is 1.09 bits per heavy atom. The number of carbonyl (C=O) groups excluding carboxylic acids is 1. The average Bonchev–Trinajstić information content (AvgIpc) is 3.62. The van der Waals surface area contributed by atoms with E-state index in [-0.39, 0.29) is 17.8 Å². The van der Waals surface area contributed by atoms with Gasteiger partial charge in [-0.05, 0) is 6.07 Å². The molecule has 2 fully saturated rings. The fraction of sp³-hybridized carbons (Fsp3) is 0.476. The van der Waals surface area contributed by atoms with Crippen molar-refractivity contribution in [1.82, 2.24) is 19.5 Å². The molecule has 1 amide bonds. The topological polar surface area (TPSA) is 304 Å². The van der Waals surface area contributed by atoms with Crippen LogP contribution in [-0.4, -0.2) is 89.1 Å². The van der Waals surface area contributed by atoms with Crippen LogP contribution < -0.4 is 21.8 Å². The van der Waals surface area contributed by atoms with Crippen LogP contribution in [0.5, 0.6) is 0 Å². The largest absolute Gasteiger partial charge is 0.481 e. The third-order valence-corrected chi connectivity index (χ3v) is 9.33. The van der Waals surface area contributed by atoms with Gasteiger partial charge < -0.3 is 46.7 Å². The Morgan fingerprint density at radius 3 is 2.49 bits per heavy atom. The SMILES string of the molecule is NC(=O)c1ccc[n+](C2OC(COP(=O)(O)OP(=O)(O)OCC3OC(n4cnc5c(N)ncnc54)CC3N)C(O)C2O)c1. The molecule has 5 heterocycles. The van der Waals surface area contributed by atoms with Crippen molar-refractivity contribution in [3.05, 3.63) is 42.7 Å². The van der Waals surface area contributed by atoms with Crippen LogP contribution >= 0.6 is 15.6 Å². The lowest BCUT2D eigenvalue weighted by atomic mass is 10.1. The number of fused-ring (bicyclic) bond motifs is 1. The van der Waals surface area contributed by atoms with E-state index in [2.05, 4.69) is 19.3 Å². The lowest BCUT2D eigenvalue weighted by Gasteiger charge is -2.20. The average molecular weight is 647 g/mol. The number of primary amides is 1. The normalized spacial score (nSPS) is 30.3. The van der Waals surface area contributed by atoms with Gasteiger partial charge in [-0.1, -0.05) is 0 Å². The number of rotatable bonds is 11. The Kier molecular flexibility index (Phi) is 8.92. The molecule has 2 aliphatic rings. The second-order valence-corrected chi connectivity index (χ2v) is 12.7. The molecule has 9 unspecified atom stereocenters. The zero-order valence-electron chi connectivity index (χ0n) is 22.0. The van der Waals surface area contributed by atoms with Gasteiger partial charge in [0.1, 0.15) is 35.8 Å². The van der Waals surface area contributed by atoms with Crippen molar-refractivity contribution >= 4 is 38.5 Å². The smallest absolute Gasteiger partial charge is 0.387 e. The van der Waals surface area contributed by atoms with E-state index in [1.165, 1.54) is 41.7 Å². The highest BCUT2D eigenvalue weighted by atomic mass is 31.3. The number of phosphoric acid groups is 2. The van der Waals surface area contributed by atoms with Crippen LogP contribution in [0.2, 0.25) is 0 Å². The molecule has 10 N–H and O–H groups in total. The summed E-state index contributed by atoms with van der Waals surface area (Å²) >= 11 is 0. The van der Waals surface area contributed by atoms with Crippen LogP contribution in [0, 0.1) is 0 Å². The molecular weight excluding hydrogens is 618 g/mol. The van der Waals surface area contributed by atoms with E-state index in [1.54, 1.807) is 4.57 Å². The monoisotopic (exact) mass is 647 g/mol. The number of pyridine rings is 1. The van der Waals surface area contributed by atoms with Gasteiger partial charge in [0.25, 0.3) is 12.1 Å². The van der Waals surface area contributed by atoms with Crippen LogP contribution in [0.3, 0.4) is 0 Å². The van der Waals surface area contributed by atoms with Gasteiger partial charge in [0.15, 0.2) is 30.0 Å². The third-order valence-electron chi connectivity index (χ3n) is 6.73. The van der Waals surface area contributed by atoms with E-state index < -0.39 is 77.7 Å². The first-order valence-corrected chi connectivity index (χ1v) is 15.6. The van der Waals surface area contributed by atoms with Crippen molar-refractivity contribution in [2.24, 2.45) is 11.5 Å². The highest BCUT2D eigenvalue weighted by molar-refractivity contribution is 7.61. The Bertz CT molecular complexity index is 1590. The molecule has 20 nitrogen and oxygen atoms in total. The number of hydrogen-bond acceptors (Lipinski definition) is 15. The number of aliphatic hydroxyl groups excluding tert-OH is 2. The zero-order valence-corrected chi connectivity index (χ0v) is 23.8. The summed E-state index contributed by atoms with van der Waals surface area (Å²) in [6.45, 7) is -1.45. The molecule has 22 heteroatoms. The second kappa shape index (κ2) is 12.2. The summed E-state index contributed by atoms with van der Waals surface area (Å²) in [6, 6.07) is 2.19. The molecule has 2 saturated heterocycles. The van der Waals surface area contributed by atoms with Crippen LogP contribution in [0.15, 0.2) is 37.2 Å². The molecular formula is C21H29N8O12P2+. The van der Waals surface area contributed by atoms with Crippen LogP contribution in [0.1, 0.15) is 29.2 Å². The molecule has 0 saturated carbocycles. The number of phosphoric ester groups is 2. The standard InChI is InChI=1S/C21H28N8O12P2/c22-11-4-14(29-9-27-15-18(23)25-8-26-20(15)29)39-12(11)6-37-42(33,34)41-43(35,36)38-7-13-16(30)17(31)21(40-13)28-3-1-2-10(5-28)19(24)32/h1-3,5,8-9,11-14,16-17,21,30-31H,4,6-7,22H2,(H5-,23,24,25,26,32,33,34,35,36)/p+1. The number of hydrogen-bond donors (Lipinski definition) is 7. The lowest BCUT2D eigenvalue weighted by molar-refractivity contribution is -0.765. The molecule has 0 bridgehead atoms. The summed E-state index contributed by atoms with van der Waals surface area (Å²) in [5.41, 5.74) is 18.0. The predicted molar refractivity (Wildman–Crippen MR) is 140 cm³/mol. The third kappa shape index (κ3) is 6.91. The van der Waals surface area contributed by atoms with Gasteiger partial charge in [0.2, 0.25) is 0 Å². The molecule has 2 aliphatic heterocycles. The lowest BCUT2D eigenvalue weighted by Crippen LogP contribution is -2.46. The van der Waals surface area contributed by atoms with Gasteiger partial charge in [-0.15, -0.1) is 0 Å².